The summed E-state index contributed by atoms with van der Waals surface area (Å²) in [6.45, 7) is 8.36. The molecule has 0 bridgehead atoms. The summed E-state index contributed by atoms with van der Waals surface area (Å²) in [7, 11) is 0. The van der Waals surface area contributed by atoms with Gasteiger partial charge in [0.1, 0.15) is 0 Å². The van der Waals surface area contributed by atoms with Gasteiger partial charge in [0, 0.05) is 91.6 Å². The largest absolute Gasteiger partial charge is 0.329 e. The minimum Gasteiger partial charge on any atom is -0.329 e. The van der Waals surface area contributed by atoms with E-state index in [0.29, 0.717) is 91.6 Å². The van der Waals surface area contributed by atoms with E-state index in [9.17, 15) is 0 Å². The first-order valence-electron chi connectivity index (χ1n) is 9.22. The van der Waals surface area contributed by atoms with Crippen molar-refractivity contribution in [1.82, 2.24) is 0 Å². The molecule has 0 saturated heterocycles. The van der Waals surface area contributed by atoms with Crippen LogP contribution < -0.4 is 80.3 Å². The second-order valence-corrected chi connectivity index (χ2v) is 4.04. The van der Waals surface area contributed by atoms with E-state index in [-0.39, 0.29) is 0 Å². The van der Waals surface area contributed by atoms with Gasteiger partial charge in [-0.25, -0.2) is 0 Å². The minimum atomic E-state index is 0.597. The van der Waals surface area contributed by atoms with Crippen molar-refractivity contribution in [2.45, 2.75) is 0 Å². The lowest BCUT2D eigenvalue weighted by Crippen LogP contribution is -2.11. The lowest BCUT2D eigenvalue weighted by atomic mass is 10.7. The van der Waals surface area contributed by atoms with Crippen molar-refractivity contribution >= 4 is 0 Å². The van der Waals surface area contributed by atoms with E-state index in [2.05, 4.69) is 0 Å². The van der Waals surface area contributed by atoms with Crippen LogP contribution >= 0.6 is 0 Å². The van der Waals surface area contributed by atoms with Gasteiger partial charge in [-0.15, -0.1) is 0 Å². The van der Waals surface area contributed by atoms with Gasteiger partial charge in [0.25, 0.3) is 0 Å². The van der Waals surface area contributed by atoms with E-state index < -0.39 is 0 Å². The topological polar surface area (TPSA) is 364 Å². The molecule has 182 valence electrons. The zero-order valence-corrected chi connectivity index (χ0v) is 18.0. The zero-order valence-electron chi connectivity index (χ0n) is 18.0. The normalized spacial score (nSPS) is 7.50. The smallest absolute Gasteiger partial charge is 0.00461 e. The average molecular weight is 421 g/mol. The molecule has 28 N–H and O–H groups in total. The summed E-state index contributed by atoms with van der Waals surface area (Å²) in [5.74, 6) is 0. The first-order chi connectivity index (χ1) is 13.4. The molecule has 28 heavy (non-hydrogen) atoms. The summed E-state index contributed by atoms with van der Waals surface area (Å²) in [6.07, 6.45) is 0. The van der Waals surface area contributed by atoms with Crippen LogP contribution in [0.4, 0.5) is 0 Å². The van der Waals surface area contributed by atoms with Crippen LogP contribution in [-0.4, -0.2) is 91.6 Å². The highest BCUT2D eigenvalue weighted by Gasteiger charge is 1.56. The summed E-state index contributed by atoms with van der Waals surface area (Å²) in [6, 6.07) is 0. The fourth-order valence-corrected chi connectivity index (χ4v) is 0. The van der Waals surface area contributed by atoms with Crippen molar-refractivity contribution in [3.05, 3.63) is 0 Å². The molecule has 0 unspecified atom stereocenters. The molecule has 0 aliphatic rings. The summed E-state index contributed by atoms with van der Waals surface area (Å²) in [5.41, 5.74) is 68.6. The van der Waals surface area contributed by atoms with E-state index in [1.807, 2.05) is 0 Å². The summed E-state index contributed by atoms with van der Waals surface area (Å²) in [4.78, 5) is 0. The molecule has 0 fully saturated rings. The van der Waals surface area contributed by atoms with Crippen molar-refractivity contribution in [3.8, 4) is 0 Å². The van der Waals surface area contributed by atoms with Crippen molar-refractivity contribution in [3.63, 3.8) is 0 Å². The summed E-state index contributed by atoms with van der Waals surface area (Å²) in [5, 5.41) is 0. The highest BCUT2D eigenvalue weighted by Crippen LogP contribution is 1.26. The molecule has 14 nitrogen and oxygen atoms in total. The highest BCUT2D eigenvalue weighted by molar-refractivity contribution is 4.28. The fourth-order valence-electron chi connectivity index (χ4n) is 0. The number of rotatable bonds is 7. The molecule has 0 aliphatic heterocycles. The third-order valence-corrected chi connectivity index (χ3v) is 1.17. The van der Waals surface area contributed by atoms with Gasteiger partial charge in [-0.1, -0.05) is 0 Å². The number of hydrogen-bond acceptors (Lipinski definition) is 14. The Morgan fingerprint density at radius 1 is 0.143 bits per heavy atom. The van der Waals surface area contributed by atoms with Gasteiger partial charge in [-0.2, -0.15) is 0 Å². The predicted octanol–water partition coefficient (Wildman–Crippen LogP) is -7.67. The van der Waals surface area contributed by atoms with Crippen LogP contribution in [0.25, 0.3) is 0 Å². The standard InChI is InChI=1S/7C2H8N2/c7*3-1-2-4/h7*1-4H2. The SMILES string of the molecule is NCCN.NCCN.NCCN.NCCN.NCCN.NCCN.NCCN. The van der Waals surface area contributed by atoms with E-state index in [1.165, 1.54) is 0 Å². The molecule has 0 aliphatic carbocycles. The van der Waals surface area contributed by atoms with Crippen LogP contribution in [-0.2, 0) is 0 Å². The maximum atomic E-state index is 4.90. The van der Waals surface area contributed by atoms with Crippen molar-refractivity contribution in [1.29, 1.82) is 0 Å². The first kappa shape index (κ1) is 45.9. The molecular formula is C14H56N14. The molecule has 0 heterocycles. The van der Waals surface area contributed by atoms with Gasteiger partial charge in [0.05, 0.1) is 0 Å². The zero-order chi connectivity index (χ0) is 23.9. The van der Waals surface area contributed by atoms with Crippen LogP contribution in [0.5, 0.6) is 0 Å². The average Bonchev–Trinajstić information content (AvgIpc) is 2.79. The summed E-state index contributed by atoms with van der Waals surface area (Å²) < 4.78 is 0. The second kappa shape index (κ2) is 94.7. The minimum absolute atomic E-state index is 0.597. The molecule has 0 aromatic rings. The van der Waals surface area contributed by atoms with Gasteiger partial charge in [0.2, 0.25) is 0 Å². The van der Waals surface area contributed by atoms with Gasteiger partial charge >= 0.3 is 0 Å². The van der Waals surface area contributed by atoms with Crippen LogP contribution in [0.3, 0.4) is 0 Å². The molecule has 0 aromatic heterocycles. The van der Waals surface area contributed by atoms with E-state index in [0.717, 1.165) is 0 Å². The fraction of sp³-hybridized carbons (Fsp3) is 1.00. The molecule has 0 spiro atoms. The van der Waals surface area contributed by atoms with Crippen LogP contribution in [0.2, 0.25) is 0 Å². The quantitative estimate of drug-likeness (QED) is 0.182. The Morgan fingerprint density at radius 3 is 0.179 bits per heavy atom. The van der Waals surface area contributed by atoms with Gasteiger partial charge in [-0.3, -0.25) is 0 Å². The van der Waals surface area contributed by atoms with Crippen molar-refractivity contribution in [2.75, 3.05) is 91.6 Å². The molecule has 0 saturated carbocycles. The van der Waals surface area contributed by atoms with Gasteiger partial charge in [-0.05, 0) is 0 Å². The van der Waals surface area contributed by atoms with Gasteiger partial charge in [0.15, 0.2) is 0 Å². The van der Waals surface area contributed by atoms with E-state index in [4.69, 9.17) is 80.3 Å². The molecular weight excluding hydrogens is 364 g/mol. The van der Waals surface area contributed by atoms with E-state index in [1.54, 1.807) is 0 Å². The van der Waals surface area contributed by atoms with Gasteiger partial charge < -0.3 is 80.3 Å². The summed E-state index contributed by atoms with van der Waals surface area (Å²) >= 11 is 0. The Hall–Kier alpha value is -0.560. The monoisotopic (exact) mass is 420 g/mol. The Kier molecular flexibility index (Phi) is 155. The second-order valence-electron chi connectivity index (χ2n) is 4.04. The van der Waals surface area contributed by atoms with Crippen LogP contribution in [0, 0.1) is 0 Å². The Balaban J connectivity index is -0.0000000367. The van der Waals surface area contributed by atoms with Crippen molar-refractivity contribution in [2.24, 2.45) is 80.3 Å². The number of nitrogens with two attached hydrogens (primary N) is 14. The molecule has 0 rings (SSSR count). The Labute approximate surface area is 172 Å². The molecule has 0 amide bonds. The Bertz CT molecular complexity index is 81.3. The molecule has 14 heteroatoms. The Morgan fingerprint density at radius 2 is 0.179 bits per heavy atom. The highest BCUT2D eigenvalue weighted by atomic mass is 14.7. The molecule has 0 radical (unpaired) electrons. The molecule has 0 atom stereocenters. The van der Waals surface area contributed by atoms with Crippen LogP contribution in [0.15, 0.2) is 0 Å². The van der Waals surface area contributed by atoms with Crippen LogP contribution in [0.1, 0.15) is 0 Å². The first-order valence-corrected chi connectivity index (χ1v) is 9.22. The third kappa shape index (κ3) is 366. The number of hydrogen-bond donors (Lipinski definition) is 14. The maximum Gasteiger partial charge on any atom is 0.00461 e. The maximum absolute atomic E-state index is 4.90. The lowest BCUT2D eigenvalue weighted by molar-refractivity contribution is 0.976. The predicted molar refractivity (Wildman–Crippen MR) is 127 cm³/mol. The van der Waals surface area contributed by atoms with E-state index >= 15 is 0 Å². The van der Waals surface area contributed by atoms with Crippen molar-refractivity contribution < 1.29 is 0 Å². The lowest BCUT2D eigenvalue weighted by Gasteiger charge is -1.72. The third-order valence-electron chi connectivity index (χ3n) is 1.17. The molecule has 0 aromatic carbocycles.